The fourth-order valence-electron chi connectivity index (χ4n) is 1.04. The average Bonchev–Trinajstić information content (AvgIpc) is 2.27. The summed E-state index contributed by atoms with van der Waals surface area (Å²) in [6.07, 6.45) is 4.88. The van der Waals surface area contributed by atoms with Crippen LogP contribution < -0.4 is 5.32 Å². The molecule has 0 amide bonds. The molecular formula is C10H15N3O2. The van der Waals surface area contributed by atoms with Crippen LogP contribution in [0.4, 0.5) is 0 Å². The van der Waals surface area contributed by atoms with Gasteiger partial charge in [-0.3, -0.25) is 4.79 Å². The quantitative estimate of drug-likeness (QED) is 0.716. The number of nitrogens with zero attached hydrogens (tertiary/aromatic N) is 2. The Labute approximate surface area is 88.9 Å². The van der Waals surface area contributed by atoms with Gasteiger partial charge in [-0.05, 0) is 13.8 Å². The first kappa shape index (κ1) is 11.6. The molecule has 0 spiro atoms. The van der Waals surface area contributed by atoms with Crippen molar-refractivity contribution in [3.8, 4) is 0 Å². The highest BCUT2D eigenvalue weighted by Gasteiger charge is 2.12. The Morgan fingerprint density at radius 3 is 2.80 bits per heavy atom. The van der Waals surface area contributed by atoms with Crippen LogP contribution in [-0.4, -0.2) is 28.6 Å². The molecule has 0 aliphatic heterocycles. The Morgan fingerprint density at radius 2 is 2.20 bits per heavy atom. The van der Waals surface area contributed by atoms with Gasteiger partial charge in [0.1, 0.15) is 12.4 Å². The van der Waals surface area contributed by atoms with Crippen LogP contribution in [0.1, 0.15) is 19.4 Å². The van der Waals surface area contributed by atoms with E-state index < -0.39 is 0 Å². The number of ether oxygens (including phenoxy) is 1. The van der Waals surface area contributed by atoms with Crippen molar-refractivity contribution in [3.63, 3.8) is 0 Å². The van der Waals surface area contributed by atoms with Gasteiger partial charge >= 0.3 is 5.97 Å². The van der Waals surface area contributed by atoms with Crippen molar-refractivity contribution in [1.29, 1.82) is 0 Å². The van der Waals surface area contributed by atoms with E-state index in [9.17, 15) is 4.79 Å². The zero-order valence-corrected chi connectivity index (χ0v) is 8.93. The smallest absolute Gasteiger partial charge is 0.322 e. The maximum atomic E-state index is 11.2. The molecule has 1 aromatic heterocycles. The third kappa shape index (κ3) is 4.03. The van der Waals surface area contributed by atoms with Crippen molar-refractivity contribution in [3.05, 3.63) is 24.3 Å². The minimum absolute atomic E-state index is 0.241. The normalized spacial score (nSPS) is 12.1. The summed E-state index contributed by atoms with van der Waals surface area (Å²) in [7, 11) is 0. The van der Waals surface area contributed by atoms with Crippen molar-refractivity contribution in [1.82, 2.24) is 15.3 Å². The molecule has 0 bridgehead atoms. The summed E-state index contributed by atoms with van der Waals surface area (Å²) in [5, 5.41) is 3.03. The average molecular weight is 209 g/mol. The summed E-state index contributed by atoms with van der Waals surface area (Å²) in [5.74, 6) is -0.241. The predicted octanol–water partition coefficient (Wildman–Crippen LogP) is 0.518. The fourth-order valence-corrected chi connectivity index (χ4v) is 1.04. The fraction of sp³-hybridized carbons (Fsp3) is 0.500. The number of esters is 1. The van der Waals surface area contributed by atoms with Crippen LogP contribution >= 0.6 is 0 Å². The van der Waals surface area contributed by atoms with Crippen LogP contribution in [0.2, 0.25) is 0 Å². The minimum Gasteiger partial charge on any atom is -0.465 e. The van der Waals surface area contributed by atoms with Gasteiger partial charge in [-0.15, -0.1) is 0 Å². The van der Waals surface area contributed by atoms with Gasteiger partial charge in [-0.2, -0.15) is 0 Å². The van der Waals surface area contributed by atoms with Crippen LogP contribution in [0.3, 0.4) is 0 Å². The van der Waals surface area contributed by atoms with Crippen molar-refractivity contribution in [2.45, 2.75) is 26.4 Å². The lowest BCUT2D eigenvalue weighted by atomic mass is 10.3. The van der Waals surface area contributed by atoms with E-state index in [1.54, 1.807) is 26.2 Å². The molecule has 0 fully saturated rings. The Morgan fingerprint density at radius 1 is 1.53 bits per heavy atom. The van der Waals surface area contributed by atoms with Crippen molar-refractivity contribution in [2.75, 3.05) is 6.61 Å². The van der Waals surface area contributed by atoms with Gasteiger partial charge in [-0.25, -0.2) is 9.97 Å². The molecule has 1 atom stereocenters. The summed E-state index contributed by atoms with van der Waals surface area (Å²) in [6, 6.07) is -0.315. The predicted molar refractivity (Wildman–Crippen MR) is 55.0 cm³/mol. The summed E-state index contributed by atoms with van der Waals surface area (Å²) in [6.45, 7) is 4.51. The molecule has 15 heavy (non-hydrogen) atoms. The highest BCUT2D eigenvalue weighted by molar-refractivity contribution is 5.75. The van der Waals surface area contributed by atoms with Crippen molar-refractivity contribution in [2.24, 2.45) is 0 Å². The molecule has 5 heteroatoms. The van der Waals surface area contributed by atoms with Gasteiger partial charge in [0.05, 0.1) is 6.61 Å². The number of hydrogen-bond acceptors (Lipinski definition) is 5. The Hall–Kier alpha value is -1.49. The Bertz CT molecular complexity index is 303. The van der Waals surface area contributed by atoms with Crippen LogP contribution in [0.5, 0.6) is 0 Å². The van der Waals surface area contributed by atoms with Crippen LogP contribution in [0, 0.1) is 0 Å². The maximum Gasteiger partial charge on any atom is 0.322 e. The molecule has 0 aliphatic rings. The number of carbonyl (C=O) groups excluding carboxylic acids is 1. The van der Waals surface area contributed by atoms with E-state index in [1.165, 1.54) is 6.33 Å². The summed E-state index contributed by atoms with van der Waals surface area (Å²) < 4.78 is 4.86. The lowest BCUT2D eigenvalue weighted by molar-refractivity contribution is -0.145. The second-order valence-corrected chi connectivity index (χ2v) is 3.10. The van der Waals surface area contributed by atoms with Gasteiger partial charge in [-0.1, -0.05) is 0 Å². The first-order valence-electron chi connectivity index (χ1n) is 4.88. The summed E-state index contributed by atoms with van der Waals surface area (Å²) in [5.41, 5.74) is 0.939. The summed E-state index contributed by atoms with van der Waals surface area (Å²) in [4.78, 5) is 19.0. The van der Waals surface area contributed by atoms with Crippen molar-refractivity contribution < 1.29 is 9.53 Å². The van der Waals surface area contributed by atoms with Gasteiger partial charge in [0, 0.05) is 24.5 Å². The molecule has 0 saturated heterocycles. The number of carbonyl (C=O) groups is 1. The molecule has 5 nitrogen and oxygen atoms in total. The summed E-state index contributed by atoms with van der Waals surface area (Å²) >= 11 is 0. The van der Waals surface area contributed by atoms with E-state index >= 15 is 0 Å². The van der Waals surface area contributed by atoms with E-state index in [0.717, 1.165) is 5.56 Å². The van der Waals surface area contributed by atoms with E-state index in [-0.39, 0.29) is 12.0 Å². The molecule has 0 saturated carbocycles. The van der Waals surface area contributed by atoms with Gasteiger partial charge in [0.2, 0.25) is 0 Å². The largest absolute Gasteiger partial charge is 0.465 e. The van der Waals surface area contributed by atoms with Gasteiger partial charge in [0.25, 0.3) is 0 Å². The number of nitrogens with one attached hydrogen (secondary N) is 1. The highest BCUT2D eigenvalue weighted by atomic mass is 16.5. The third-order valence-electron chi connectivity index (χ3n) is 1.87. The Kier molecular flexibility index (Phi) is 4.70. The number of hydrogen-bond donors (Lipinski definition) is 1. The maximum absolute atomic E-state index is 11.2. The molecular weight excluding hydrogens is 194 g/mol. The molecule has 1 aromatic rings. The zero-order valence-electron chi connectivity index (χ0n) is 8.93. The second-order valence-electron chi connectivity index (χ2n) is 3.10. The monoisotopic (exact) mass is 209 g/mol. The third-order valence-corrected chi connectivity index (χ3v) is 1.87. The van der Waals surface area contributed by atoms with E-state index in [0.29, 0.717) is 13.2 Å². The number of rotatable bonds is 5. The number of aromatic nitrogens is 2. The standard InChI is InChI=1S/C10H15N3O2/c1-3-15-10(14)8(2)13-6-9-4-11-7-12-5-9/h4-5,7-8,13H,3,6H2,1-2H3. The molecule has 0 aromatic carbocycles. The Balaban J connectivity index is 2.34. The second kappa shape index (κ2) is 6.08. The SMILES string of the molecule is CCOC(=O)C(C)NCc1cncnc1. The molecule has 82 valence electrons. The lowest BCUT2D eigenvalue weighted by Crippen LogP contribution is -2.34. The van der Waals surface area contributed by atoms with Crippen LogP contribution in [0.15, 0.2) is 18.7 Å². The van der Waals surface area contributed by atoms with Gasteiger partial charge in [0.15, 0.2) is 0 Å². The topological polar surface area (TPSA) is 64.1 Å². The minimum atomic E-state index is -0.315. The van der Waals surface area contributed by atoms with E-state index in [4.69, 9.17) is 4.74 Å². The molecule has 0 radical (unpaired) electrons. The van der Waals surface area contributed by atoms with Crippen LogP contribution in [0.25, 0.3) is 0 Å². The molecule has 0 aliphatic carbocycles. The van der Waals surface area contributed by atoms with Crippen molar-refractivity contribution >= 4 is 5.97 Å². The molecule has 1 unspecified atom stereocenters. The van der Waals surface area contributed by atoms with Gasteiger partial charge < -0.3 is 10.1 Å². The van der Waals surface area contributed by atoms with E-state index in [1.807, 2.05) is 0 Å². The highest BCUT2D eigenvalue weighted by Crippen LogP contribution is 1.94. The molecule has 1 rings (SSSR count). The first-order valence-corrected chi connectivity index (χ1v) is 4.88. The van der Waals surface area contributed by atoms with E-state index in [2.05, 4.69) is 15.3 Å². The molecule has 1 heterocycles. The lowest BCUT2D eigenvalue weighted by Gasteiger charge is -2.11. The molecule has 1 N–H and O–H groups in total. The first-order chi connectivity index (χ1) is 7.24. The van der Waals surface area contributed by atoms with Crippen LogP contribution in [-0.2, 0) is 16.1 Å². The zero-order chi connectivity index (χ0) is 11.1.